The summed E-state index contributed by atoms with van der Waals surface area (Å²) in [6.07, 6.45) is 3.30. The molecule has 0 radical (unpaired) electrons. The van der Waals surface area contributed by atoms with E-state index in [0.29, 0.717) is 12.1 Å². The summed E-state index contributed by atoms with van der Waals surface area (Å²) in [4.78, 5) is 26.1. The number of nitrogens with one attached hydrogen (secondary N) is 1. The number of hydrogen-bond acceptors (Lipinski definition) is 5. The largest absolute Gasteiger partial charge is 0.480 e. The monoisotopic (exact) mass is 318 g/mol. The van der Waals surface area contributed by atoms with Gasteiger partial charge in [0.15, 0.2) is 0 Å². The number of nitrogens with two attached hydrogens (primary N) is 1. The Hall–Kier alpha value is -2.87. The Morgan fingerprint density at radius 2 is 1.87 bits per heavy atom. The van der Waals surface area contributed by atoms with Crippen LogP contribution >= 0.6 is 0 Å². The van der Waals surface area contributed by atoms with E-state index >= 15 is 0 Å². The van der Waals surface area contributed by atoms with Crippen molar-refractivity contribution in [3.8, 4) is 0 Å². The molecule has 2 rings (SSSR count). The Balaban J connectivity index is 2.02. The number of imidazole rings is 1. The van der Waals surface area contributed by atoms with E-state index in [1.54, 1.807) is 0 Å². The van der Waals surface area contributed by atoms with Crippen molar-refractivity contribution in [3.63, 3.8) is 0 Å². The molecule has 1 heterocycles. The molecule has 2 aromatic rings. The second kappa shape index (κ2) is 7.41. The second-order valence-electron chi connectivity index (χ2n) is 5.13. The van der Waals surface area contributed by atoms with Crippen LogP contribution in [0.5, 0.6) is 0 Å². The van der Waals surface area contributed by atoms with Crippen molar-refractivity contribution in [2.45, 2.75) is 24.9 Å². The van der Waals surface area contributed by atoms with E-state index < -0.39 is 24.0 Å². The predicted molar refractivity (Wildman–Crippen MR) is 82.5 cm³/mol. The second-order valence-corrected chi connectivity index (χ2v) is 5.13. The van der Waals surface area contributed by atoms with Crippen molar-refractivity contribution < 1.29 is 19.8 Å². The van der Waals surface area contributed by atoms with E-state index in [0.717, 1.165) is 5.56 Å². The van der Waals surface area contributed by atoms with Crippen molar-refractivity contribution in [2.24, 2.45) is 5.73 Å². The highest BCUT2D eigenvalue weighted by atomic mass is 16.4. The van der Waals surface area contributed by atoms with Crippen LogP contribution in [0.1, 0.15) is 11.3 Å². The zero-order valence-corrected chi connectivity index (χ0v) is 12.3. The molecule has 0 saturated carbocycles. The smallest absolute Gasteiger partial charge is 0.328 e. The van der Waals surface area contributed by atoms with Crippen LogP contribution in [0.25, 0.3) is 0 Å². The van der Waals surface area contributed by atoms with E-state index in [1.165, 1.54) is 17.2 Å². The molecule has 1 aromatic carbocycles. The molecule has 0 spiro atoms. The third kappa shape index (κ3) is 4.82. The Morgan fingerprint density at radius 1 is 1.17 bits per heavy atom. The highest BCUT2D eigenvalue weighted by molar-refractivity contribution is 5.75. The molecule has 0 fully saturated rings. The van der Waals surface area contributed by atoms with Crippen LogP contribution in [0.15, 0.2) is 42.9 Å². The molecular weight excluding hydrogens is 300 g/mol. The van der Waals surface area contributed by atoms with Gasteiger partial charge in [-0.1, -0.05) is 30.3 Å². The van der Waals surface area contributed by atoms with E-state index in [1.807, 2.05) is 30.3 Å². The molecule has 0 bridgehead atoms. The van der Waals surface area contributed by atoms with Gasteiger partial charge in [0.25, 0.3) is 0 Å². The summed E-state index contributed by atoms with van der Waals surface area (Å²) < 4.78 is 1.41. The van der Waals surface area contributed by atoms with Crippen LogP contribution in [0.2, 0.25) is 0 Å². The number of carboxylic acid groups (broad SMARTS) is 2. The van der Waals surface area contributed by atoms with Gasteiger partial charge in [0, 0.05) is 19.0 Å². The molecule has 8 heteroatoms. The van der Waals surface area contributed by atoms with Gasteiger partial charge in [-0.2, -0.15) is 0 Å². The molecular formula is C15H18N4O4. The first-order chi connectivity index (χ1) is 11.0. The van der Waals surface area contributed by atoms with E-state index in [9.17, 15) is 14.7 Å². The third-order valence-corrected chi connectivity index (χ3v) is 3.27. The van der Waals surface area contributed by atoms with Gasteiger partial charge < -0.3 is 21.4 Å². The summed E-state index contributed by atoms with van der Waals surface area (Å²) in [5.74, 6) is -2.11. The zero-order chi connectivity index (χ0) is 16.8. The SMILES string of the molecule is N[C@@H](Cc1cn(N[C@@H](Cc2ccccc2)C(=O)O)cn1)C(=O)O. The fraction of sp³-hybridized carbons (Fsp3) is 0.267. The average Bonchev–Trinajstić information content (AvgIpc) is 2.94. The maximum atomic E-state index is 11.4. The van der Waals surface area contributed by atoms with Gasteiger partial charge in [-0.05, 0) is 5.56 Å². The number of nitrogens with zero attached hydrogens (tertiary/aromatic N) is 2. The molecule has 1 aromatic heterocycles. The van der Waals surface area contributed by atoms with Crippen LogP contribution in [0.4, 0.5) is 0 Å². The number of hydrogen-bond donors (Lipinski definition) is 4. The number of aromatic nitrogens is 2. The minimum atomic E-state index is -1.11. The van der Waals surface area contributed by atoms with Crippen LogP contribution in [-0.2, 0) is 22.4 Å². The molecule has 0 unspecified atom stereocenters. The molecule has 5 N–H and O–H groups in total. The zero-order valence-electron chi connectivity index (χ0n) is 12.3. The fourth-order valence-electron chi connectivity index (χ4n) is 2.07. The summed E-state index contributed by atoms with van der Waals surface area (Å²) in [6.45, 7) is 0. The van der Waals surface area contributed by atoms with Crippen LogP contribution < -0.4 is 11.2 Å². The lowest BCUT2D eigenvalue weighted by Gasteiger charge is -2.16. The fourth-order valence-corrected chi connectivity index (χ4v) is 2.07. The van der Waals surface area contributed by atoms with Gasteiger partial charge >= 0.3 is 11.9 Å². The minimum absolute atomic E-state index is 0.0699. The van der Waals surface area contributed by atoms with Crippen LogP contribution in [0, 0.1) is 0 Å². The lowest BCUT2D eigenvalue weighted by Crippen LogP contribution is -2.36. The summed E-state index contributed by atoms with van der Waals surface area (Å²) in [7, 11) is 0. The molecule has 23 heavy (non-hydrogen) atoms. The lowest BCUT2D eigenvalue weighted by molar-refractivity contribution is -0.139. The quantitative estimate of drug-likeness (QED) is 0.542. The molecule has 0 amide bonds. The van der Waals surface area contributed by atoms with Gasteiger partial charge in [0.05, 0.1) is 5.69 Å². The van der Waals surface area contributed by atoms with Crippen molar-refractivity contribution in [2.75, 3.05) is 5.43 Å². The Kier molecular flexibility index (Phi) is 5.32. The van der Waals surface area contributed by atoms with Gasteiger partial charge in [-0.15, -0.1) is 0 Å². The Labute approximate surface area is 132 Å². The summed E-state index contributed by atoms with van der Waals surface area (Å²) in [5, 5.41) is 18.1. The van der Waals surface area contributed by atoms with Crippen molar-refractivity contribution in [1.29, 1.82) is 0 Å². The first-order valence-corrected chi connectivity index (χ1v) is 7.00. The number of rotatable bonds is 8. The topological polar surface area (TPSA) is 130 Å². The highest BCUT2D eigenvalue weighted by Crippen LogP contribution is 2.06. The normalized spacial score (nSPS) is 13.3. The van der Waals surface area contributed by atoms with E-state index in [2.05, 4.69) is 10.4 Å². The summed E-state index contributed by atoms with van der Waals surface area (Å²) in [6, 6.07) is 7.37. The molecule has 0 aliphatic heterocycles. The number of aliphatic carboxylic acids is 2. The lowest BCUT2D eigenvalue weighted by atomic mass is 10.1. The standard InChI is InChI=1S/C15H18N4O4/c16-12(14(20)21)7-11-8-19(9-17-11)18-13(15(22)23)6-10-4-2-1-3-5-10/h1-5,8-9,12-13,18H,6-7,16H2,(H,20,21)(H,22,23)/t12-,13-/m0/s1. The molecule has 0 aliphatic carbocycles. The molecule has 0 aliphatic rings. The van der Waals surface area contributed by atoms with E-state index in [-0.39, 0.29) is 6.42 Å². The van der Waals surface area contributed by atoms with Crippen LogP contribution in [0.3, 0.4) is 0 Å². The average molecular weight is 318 g/mol. The Morgan fingerprint density at radius 3 is 2.48 bits per heavy atom. The van der Waals surface area contributed by atoms with Gasteiger partial charge in [0.1, 0.15) is 18.4 Å². The van der Waals surface area contributed by atoms with Crippen molar-refractivity contribution >= 4 is 11.9 Å². The predicted octanol–water partition coefficient (Wildman–Crippen LogP) is 0.0769. The number of carbonyl (C=O) groups is 2. The van der Waals surface area contributed by atoms with E-state index in [4.69, 9.17) is 10.8 Å². The van der Waals surface area contributed by atoms with Crippen LogP contribution in [-0.4, -0.2) is 43.9 Å². The third-order valence-electron chi connectivity index (χ3n) is 3.27. The summed E-state index contributed by atoms with van der Waals surface area (Å²) in [5.41, 5.74) is 9.62. The highest BCUT2D eigenvalue weighted by Gasteiger charge is 2.19. The van der Waals surface area contributed by atoms with Crippen molar-refractivity contribution in [3.05, 3.63) is 54.1 Å². The number of benzene rings is 1. The summed E-state index contributed by atoms with van der Waals surface area (Å²) >= 11 is 0. The first kappa shape index (κ1) is 16.5. The molecule has 122 valence electrons. The van der Waals surface area contributed by atoms with Crippen molar-refractivity contribution in [1.82, 2.24) is 9.66 Å². The van der Waals surface area contributed by atoms with Gasteiger partial charge in [0.2, 0.25) is 0 Å². The molecule has 0 saturated heterocycles. The maximum Gasteiger partial charge on any atom is 0.328 e. The molecule has 8 nitrogen and oxygen atoms in total. The number of carboxylic acids is 2. The minimum Gasteiger partial charge on any atom is -0.480 e. The molecule has 2 atom stereocenters. The first-order valence-electron chi connectivity index (χ1n) is 7.00. The maximum absolute atomic E-state index is 11.4. The van der Waals surface area contributed by atoms with Gasteiger partial charge in [-0.3, -0.25) is 9.47 Å². The van der Waals surface area contributed by atoms with Gasteiger partial charge in [-0.25, -0.2) is 9.78 Å². The Bertz CT molecular complexity index is 671.